The molecule has 2 rings (SSSR count). The number of nitrogens with two attached hydrogens (primary N) is 1. The van der Waals surface area contributed by atoms with Gasteiger partial charge in [-0.25, -0.2) is 13.9 Å². The van der Waals surface area contributed by atoms with Crippen molar-refractivity contribution in [2.45, 2.75) is 173 Å². The van der Waals surface area contributed by atoms with E-state index in [0.29, 0.717) is 25.7 Å². The van der Waals surface area contributed by atoms with E-state index in [4.69, 9.17) is 29.0 Å². The molecule has 420 valence electrons. The summed E-state index contributed by atoms with van der Waals surface area (Å²) in [5.41, 5.74) is 4.57. The minimum atomic E-state index is -5.47. The molecule has 2 unspecified atom stereocenters. The highest BCUT2D eigenvalue weighted by molar-refractivity contribution is 7.61. The third-order valence-corrected chi connectivity index (χ3v) is 13.6. The van der Waals surface area contributed by atoms with E-state index in [1.165, 1.54) is 25.3 Å². The summed E-state index contributed by atoms with van der Waals surface area (Å²) >= 11 is 0. The number of aromatic nitrogens is 2. The van der Waals surface area contributed by atoms with Crippen LogP contribution in [-0.4, -0.2) is 96.9 Å². The molecule has 2 heterocycles. The van der Waals surface area contributed by atoms with Crippen LogP contribution in [0.5, 0.6) is 0 Å². The Labute approximate surface area is 443 Å². The lowest BCUT2D eigenvalue weighted by molar-refractivity contribution is -0.161. The van der Waals surface area contributed by atoms with Crippen LogP contribution in [0.15, 0.2) is 126 Å². The molecule has 1 fully saturated rings. The number of phosphoric acid groups is 2. The van der Waals surface area contributed by atoms with Gasteiger partial charge in [0.15, 0.2) is 12.3 Å². The van der Waals surface area contributed by atoms with Crippen molar-refractivity contribution >= 4 is 33.4 Å². The number of carbonyl (C=O) groups is 2. The van der Waals surface area contributed by atoms with Crippen molar-refractivity contribution in [2.75, 3.05) is 25.6 Å². The van der Waals surface area contributed by atoms with Gasteiger partial charge in [-0.2, -0.15) is 9.29 Å². The fourth-order valence-corrected chi connectivity index (χ4v) is 8.91. The highest BCUT2D eigenvalue weighted by Crippen LogP contribution is 2.60. The summed E-state index contributed by atoms with van der Waals surface area (Å²) in [5.74, 6) is -1.50. The molecule has 0 radical (unpaired) electrons. The number of ether oxygens (including phenoxy) is 3. The number of unbranched alkanes of at least 4 members (excludes halogenated alkanes) is 4. The highest BCUT2D eigenvalue weighted by Gasteiger charge is 2.46. The second-order valence-electron chi connectivity index (χ2n) is 17.5. The average molecular weight is 1090 g/mol. The Morgan fingerprint density at radius 2 is 1.20 bits per heavy atom. The van der Waals surface area contributed by atoms with E-state index in [9.17, 15) is 48.6 Å². The van der Waals surface area contributed by atoms with Crippen LogP contribution >= 0.6 is 15.6 Å². The van der Waals surface area contributed by atoms with Crippen LogP contribution in [0.4, 0.5) is 5.82 Å². The molecule has 21 heteroatoms. The predicted molar refractivity (Wildman–Crippen MR) is 290 cm³/mol. The van der Waals surface area contributed by atoms with Gasteiger partial charge in [0.1, 0.15) is 30.7 Å². The lowest BCUT2D eigenvalue weighted by Gasteiger charge is -2.21. The Morgan fingerprint density at radius 3 is 1.73 bits per heavy atom. The Morgan fingerprint density at radius 1 is 0.693 bits per heavy atom. The zero-order valence-electron chi connectivity index (χ0n) is 43.7. The van der Waals surface area contributed by atoms with Crippen molar-refractivity contribution in [2.24, 2.45) is 0 Å². The molecule has 1 aliphatic rings. The Balaban J connectivity index is 1.86. The number of carbonyl (C=O) groups excluding carboxylic acids is 2. The molecule has 0 aromatic carbocycles. The number of aliphatic hydroxyl groups excluding tert-OH is 3. The first-order valence-electron chi connectivity index (χ1n) is 26.0. The van der Waals surface area contributed by atoms with Gasteiger partial charge in [0.2, 0.25) is 0 Å². The predicted octanol–water partition coefficient (Wildman–Crippen LogP) is 9.97. The van der Waals surface area contributed by atoms with Crippen molar-refractivity contribution < 1.29 is 71.4 Å². The van der Waals surface area contributed by atoms with Crippen LogP contribution in [0, 0.1) is 0 Å². The van der Waals surface area contributed by atoms with E-state index in [2.05, 4.69) is 83.1 Å². The molecule has 0 bridgehead atoms. The quantitative estimate of drug-likeness (QED) is 0.0154. The van der Waals surface area contributed by atoms with Crippen molar-refractivity contribution in [3.05, 3.63) is 132 Å². The van der Waals surface area contributed by atoms with Gasteiger partial charge >= 0.3 is 33.3 Å². The van der Waals surface area contributed by atoms with Crippen LogP contribution in [0.3, 0.4) is 0 Å². The maximum atomic E-state index is 12.9. The van der Waals surface area contributed by atoms with Crippen LogP contribution in [0.1, 0.15) is 142 Å². The van der Waals surface area contributed by atoms with E-state index < -0.39 is 83.7 Å². The van der Waals surface area contributed by atoms with Gasteiger partial charge in [-0.3, -0.25) is 23.2 Å². The Kier molecular flexibility index (Phi) is 36.0. The van der Waals surface area contributed by atoms with Crippen LogP contribution in [0.25, 0.3) is 0 Å². The minimum Gasteiger partial charge on any atom is -0.462 e. The molecule has 1 saturated heterocycles. The first-order chi connectivity index (χ1) is 36.1. The van der Waals surface area contributed by atoms with E-state index in [1.807, 2.05) is 43.4 Å². The summed E-state index contributed by atoms with van der Waals surface area (Å²) in [7, 11) is -10.9. The SMILES string of the molecule is CCCCC/C=C\C/C=C\C/C=C\C/C=C\C/C=C\CCC(=O)O[C@H](COC(=O)CCC/C=C\C/C=C\C/C=C\C/C=C\CC[C@@H](O)CC)COP(=O)(O)OP(=O)(O)OC[C@H]1O[C@@H](n2ccc(N)nc2=O)[C@H](O)[C@@H]1O. The molecule has 0 amide bonds. The molecule has 19 nitrogen and oxygen atoms in total. The number of allylic oxidation sites excluding steroid dienone is 18. The second-order valence-corrected chi connectivity index (χ2v) is 20.5. The number of anilines is 1. The number of rotatable bonds is 41. The molecule has 0 saturated carbocycles. The summed E-state index contributed by atoms with van der Waals surface area (Å²) < 4.78 is 56.6. The maximum absolute atomic E-state index is 12.9. The molecule has 0 aliphatic carbocycles. The topological polar surface area (TPSA) is 286 Å². The zero-order valence-corrected chi connectivity index (χ0v) is 45.4. The van der Waals surface area contributed by atoms with Gasteiger partial charge in [0.05, 0.1) is 19.3 Å². The Hall–Kier alpha value is -4.62. The number of hydrogen-bond donors (Lipinski definition) is 6. The first-order valence-corrected chi connectivity index (χ1v) is 29.0. The maximum Gasteiger partial charge on any atom is 0.481 e. The van der Waals surface area contributed by atoms with Gasteiger partial charge in [-0.15, -0.1) is 0 Å². The number of phosphoric ester groups is 2. The molecule has 8 atom stereocenters. The van der Waals surface area contributed by atoms with Crippen LogP contribution in [-0.2, 0) is 46.3 Å². The third kappa shape index (κ3) is 33.2. The van der Waals surface area contributed by atoms with Gasteiger partial charge in [-0.1, -0.05) is 136 Å². The summed E-state index contributed by atoms with van der Waals surface area (Å²) in [6, 6.07) is 1.24. The minimum absolute atomic E-state index is 0.0157. The molecular formula is C54H83N3O16P2. The number of nitrogen functional groups attached to an aromatic ring is 1. The van der Waals surface area contributed by atoms with E-state index in [1.54, 1.807) is 6.08 Å². The molecule has 0 spiro atoms. The number of esters is 2. The molecule has 1 aromatic heterocycles. The summed E-state index contributed by atoms with van der Waals surface area (Å²) in [6.45, 7) is 1.71. The highest BCUT2D eigenvalue weighted by atomic mass is 31.3. The summed E-state index contributed by atoms with van der Waals surface area (Å²) in [6.07, 6.45) is 44.2. The largest absolute Gasteiger partial charge is 0.481 e. The molecule has 1 aromatic rings. The van der Waals surface area contributed by atoms with Crippen molar-refractivity contribution in [3.8, 4) is 0 Å². The molecule has 1 aliphatic heterocycles. The van der Waals surface area contributed by atoms with Crippen LogP contribution in [0.2, 0.25) is 0 Å². The molecule has 75 heavy (non-hydrogen) atoms. The standard InChI is InChI=1S/C54H83N3O16P2/c1-3-5-6-7-8-9-10-11-12-13-14-15-16-21-24-27-30-33-36-39-50(60)71-46(42-68-49(59)38-35-32-29-26-23-20-18-17-19-22-25-28-31-34-37-45(58)4-2)43-69-74(64,65)73-75(66,67)70-44-47-51(61)52(62)53(72-47)57-41-40-48(55)56-54(57)63/h8-9,11-12,14-15,18-22,24,26,28-31,33,40-41,45-47,51-53,58,61-62H,3-7,10,13,16-17,23,25,27,32,34-39,42-44H2,1-2H3,(H,64,65)(H,66,67)(H2,55,56,63)/b9-8-,12-11-,15-14-,20-18-,22-19-,24-21-,29-26-,31-28-,33-30-/t45-,46+,47+,51+,52+,53+/m0/s1. The van der Waals surface area contributed by atoms with Gasteiger partial charge < -0.3 is 45.1 Å². The number of hydrogen-bond acceptors (Lipinski definition) is 16. The lowest BCUT2D eigenvalue weighted by atomic mass is 10.1. The summed E-state index contributed by atoms with van der Waals surface area (Å²) in [4.78, 5) is 61.9. The van der Waals surface area contributed by atoms with E-state index in [0.717, 1.165) is 75.0 Å². The number of aliphatic hydroxyl groups is 3. The smallest absolute Gasteiger partial charge is 0.462 e. The van der Waals surface area contributed by atoms with Gasteiger partial charge in [0, 0.05) is 19.0 Å². The number of nitrogens with zero attached hydrogens (tertiary/aromatic N) is 2. The summed E-state index contributed by atoms with van der Waals surface area (Å²) in [5, 5.41) is 30.5. The van der Waals surface area contributed by atoms with E-state index in [-0.39, 0.29) is 24.8 Å². The van der Waals surface area contributed by atoms with Crippen molar-refractivity contribution in [1.82, 2.24) is 9.55 Å². The fourth-order valence-electron chi connectivity index (χ4n) is 6.80. The Bertz CT molecular complexity index is 2200. The van der Waals surface area contributed by atoms with E-state index >= 15 is 0 Å². The second kappa shape index (κ2) is 40.6. The normalized spacial score (nSPS) is 20.1. The van der Waals surface area contributed by atoms with Crippen molar-refractivity contribution in [3.63, 3.8) is 0 Å². The molecular weight excluding hydrogens is 1010 g/mol. The van der Waals surface area contributed by atoms with Gasteiger partial charge in [0.25, 0.3) is 0 Å². The fraction of sp³-hybridized carbons (Fsp3) is 0.556. The average Bonchev–Trinajstić information content (AvgIpc) is 3.65. The first kappa shape index (κ1) is 66.5. The molecule has 7 N–H and O–H groups in total. The third-order valence-electron chi connectivity index (χ3n) is 11.0. The zero-order chi connectivity index (χ0) is 55.0. The van der Waals surface area contributed by atoms with Gasteiger partial charge in [-0.05, 0) is 102 Å². The van der Waals surface area contributed by atoms with Crippen molar-refractivity contribution in [1.29, 1.82) is 0 Å². The monoisotopic (exact) mass is 1090 g/mol. The lowest BCUT2D eigenvalue weighted by Crippen LogP contribution is -2.36. The van der Waals surface area contributed by atoms with Crippen LogP contribution < -0.4 is 11.4 Å².